The Labute approximate surface area is 136 Å². The van der Waals surface area contributed by atoms with Gasteiger partial charge in [-0.1, -0.05) is 12.1 Å². The number of nitrogens with one attached hydrogen (secondary N) is 1. The van der Waals surface area contributed by atoms with E-state index in [1.165, 1.54) is 18.4 Å². The van der Waals surface area contributed by atoms with Gasteiger partial charge in [0.25, 0.3) is 0 Å². The Morgan fingerprint density at radius 3 is 3.04 bits per heavy atom. The summed E-state index contributed by atoms with van der Waals surface area (Å²) in [5, 5.41) is 0. The fourth-order valence-electron chi connectivity index (χ4n) is 3.51. The van der Waals surface area contributed by atoms with Gasteiger partial charge in [0.05, 0.1) is 11.0 Å². The number of para-hydroxylation sites is 2. The van der Waals surface area contributed by atoms with Crippen LogP contribution in [0.4, 0.5) is 5.82 Å². The van der Waals surface area contributed by atoms with E-state index in [9.17, 15) is 0 Å². The lowest BCUT2D eigenvalue weighted by atomic mass is 9.94. The number of aryl methyl sites for hydroxylation is 1. The van der Waals surface area contributed by atoms with E-state index in [4.69, 9.17) is 4.98 Å². The highest BCUT2D eigenvalue weighted by molar-refractivity contribution is 5.74. The molecule has 3 heterocycles. The molecule has 3 aromatic rings. The first kappa shape index (κ1) is 14.2. The maximum Gasteiger partial charge on any atom is 0.128 e. The summed E-state index contributed by atoms with van der Waals surface area (Å²) in [5.74, 6) is 2.85. The second kappa shape index (κ2) is 6.03. The number of imidazole rings is 1. The Hall–Kier alpha value is -2.36. The van der Waals surface area contributed by atoms with Crippen LogP contribution in [0.2, 0.25) is 0 Å². The quantitative estimate of drug-likeness (QED) is 0.802. The minimum Gasteiger partial charge on any atom is -0.356 e. The maximum atomic E-state index is 4.73. The van der Waals surface area contributed by atoms with Gasteiger partial charge >= 0.3 is 0 Å². The first-order chi connectivity index (χ1) is 11.3. The van der Waals surface area contributed by atoms with Gasteiger partial charge in [0, 0.05) is 25.7 Å². The highest BCUT2D eigenvalue weighted by Gasteiger charge is 2.22. The molecular weight excluding hydrogens is 284 g/mol. The van der Waals surface area contributed by atoms with Crippen LogP contribution in [-0.4, -0.2) is 28.0 Å². The molecule has 1 aromatic carbocycles. The lowest BCUT2D eigenvalue weighted by Gasteiger charge is -2.33. The van der Waals surface area contributed by atoms with Crippen LogP contribution >= 0.6 is 0 Å². The molecule has 2 aromatic heterocycles. The van der Waals surface area contributed by atoms with Gasteiger partial charge in [0.1, 0.15) is 11.6 Å². The van der Waals surface area contributed by atoms with Gasteiger partial charge in [-0.2, -0.15) is 0 Å². The average Bonchev–Trinajstić information content (AvgIpc) is 2.97. The van der Waals surface area contributed by atoms with E-state index in [-0.39, 0.29) is 0 Å². The minimum absolute atomic E-state index is 0.631. The van der Waals surface area contributed by atoms with Crippen molar-refractivity contribution in [1.82, 2.24) is 15.0 Å². The zero-order chi connectivity index (χ0) is 15.6. The summed E-state index contributed by atoms with van der Waals surface area (Å²) in [7, 11) is 0. The number of anilines is 1. The van der Waals surface area contributed by atoms with Gasteiger partial charge in [-0.25, -0.2) is 9.97 Å². The number of nitrogens with zero attached hydrogens (tertiary/aromatic N) is 3. The highest BCUT2D eigenvalue weighted by atomic mass is 15.2. The van der Waals surface area contributed by atoms with Crippen molar-refractivity contribution >= 4 is 16.9 Å². The maximum absolute atomic E-state index is 4.73. The van der Waals surface area contributed by atoms with Crippen LogP contribution in [0, 0.1) is 12.8 Å². The number of H-pyrrole nitrogens is 1. The molecule has 1 fully saturated rings. The smallest absolute Gasteiger partial charge is 0.128 e. The van der Waals surface area contributed by atoms with Crippen LogP contribution in [0.1, 0.15) is 24.2 Å². The van der Waals surface area contributed by atoms with Crippen molar-refractivity contribution in [1.29, 1.82) is 0 Å². The van der Waals surface area contributed by atoms with Gasteiger partial charge in [0.2, 0.25) is 0 Å². The summed E-state index contributed by atoms with van der Waals surface area (Å²) in [5.41, 5.74) is 3.47. The first-order valence-electron chi connectivity index (χ1n) is 8.39. The summed E-state index contributed by atoms with van der Waals surface area (Å²) in [6.07, 6.45) is 5.41. The summed E-state index contributed by atoms with van der Waals surface area (Å²) in [6, 6.07) is 12.5. The molecule has 4 nitrogen and oxygen atoms in total. The molecule has 0 spiro atoms. The first-order valence-corrected chi connectivity index (χ1v) is 8.39. The van der Waals surface area contributed by atoms with E-state index in [0.717, 1.165) is 42.2 Å². The van der Waals surface area contributed by atoms with Crippen LogP contribution < -0.4 is 4.90 Å². The van der Waals surface area contributed by atoms with E-state index < -0.39 is 0 Å². The zero-order valence-electron chi connectivity index (χ0n) is 13.5. The second-order valence-electron chi connectivity index (χ2n) is 6.55. The number of aromatic nitrogens is 3. The normalized spacial score (nSPS) is 18.5. The number of benzene rings is 1. The molecule has 1 saturated heterocycles. The molecule has 0 saturated carbocycles. The van der Waals surface area contributed by atoms with E-state index in [1.54, 1.807) is 0 Å². The van der Waals surface area contributed by atoms with Crippen molar-refractivity contribution in [2.75, 3.05) is 18.0 Å². The van der Waals surface area contributed by atoms with Crippen molar-refractivity contribution in [3.05, 3.63) is 54.0 Å². The third kappa shape index (κ3) is 3.07. The molecule has 0 radical (unpaired) electrons. The van der Waals surface area contributed by atoms with E-state index in [2.05, 4.69) is 52.1 Å². The monoisotopic (exact) mass is 306 g/mol. The Kier molecular flexibility index (Phi) is 3.74. The van der Waals surface area contributed by atoms with Crippen LogP contribution in [0.15, 0.2) is 42.6 Å². The molecule has 4 heteroatoms. The minimum atomic E-state index is 0.631. The zero-order valence-corrected chi connectivity index (χ0v) is 13.5. The van der Waals surface area contributed by atoms with Crippen LogP contribution in [-0.2, 0) is 6.42 Å². The van der Waals surface area contributed by atoms with Gasteiger partial charge in [-0.15, -0.1) is 0 Å². The molecule has 1 N–H and O–H groups in total. The summed E-state index contributed by atoms with van der Waals surface area (Å²) >= 11 is 0. The molecule has 118 valence electrons. The fraction of sp³-hybridized carbons (Fsp3) is 0.368. The lowest BCUT2D eigenvalue weighted by Crippen LogP contribution is -2.36. The Morgan fingerprint density at radius 1 is 1.26 bits per heavy atom. The van der Waals surface area contributed by atoms with Crippen LogP contribution in [0.25, 0.3) is 11.0 Å². The van der Waals surface area contributed by atoms with Crippen molar-refractivity contribution in [2.24, 2.45) is 5.92 Å². The molecule has 0 aliphatic carbocycles. The van der Waals surface area contributed by atoms with Crippen molar-refractivity contribution in [3.8, 4) is 0 Å². The molecule has 4 rings (SSSR count). The molecule has 1 unspecified atom stereocenters. The van der Waals surface area contributed by atoms with Crippen molar-refractivity contribution in [2.45, 2.75) is 26.2 Å². The number of piperidine rings is 1. The van der Waals surface area contributed by atoms with Gasteiger partial charge in [0.15, 0.2) is 0 Å². The van der Waals surface area contributed by atoms with Crippen LogP contribution in [0.5, 0.6) is 0 Å². The summed E-state index contributed by atoms with van der Waals surface area (Å²) in [6.45, 7) is 4.29. The third-order valence-electron chi connectivity index (χ3n) is 4.66. The number of aromatic amines is 1. The lowest BCUT2D eigenvalue weighted by molar-refractivity contribution is 0.406. The van der Waals surface area contributed by atoms with Crippen LogP contribution in [0.3, 0.4) is 0 Å². The SMILES string of the molecule is Cc1ccnc(N2CCCC(Cc3nc4ccccc4[nH]3)C2)c1. The Morgan fingerprint density at radius 2 is 2.17 bits per heavy atom. The number of pyridine rings is 1. The summed E-state index contributed by atoms with van der Waals surface area (Å²) < 4.78 is 0. The second-order valence-corrected chi connectivity index (χ2v) is 6.55. The largest absolute Gasteiger partial charge is 0.356 e. The number of hydrogen-bond acceptors (Lipinski definition) is 3. The molecule has 1 aliphatic rings. The molecule has 1 aliphatic heterocycles. The van der Waals surface area contributed by atoms with Crippen molar-refractivity contribution in [3.63, 3.8) is 0 Å². The van der Waals surface area contributed by atoms with E-state index in [0.29, 0.717) is 5.92 Å². The van der Waals surface area contributed by atoms with Crippen molar-refractivity contribution < 1.29 is 0 Å². The summed E-state index contributed by atoms with van der Waals surface area (Å²) in [4.78, 5) is 15.2. The van der Waals surface area contributed by atoms with Gasteiger partial charge in [-0.3, -0.25) is 0 Å². The number of fused-ring (bicyclic) bond motifs is 1. The number of hydrogen-bond donors (Lipinski definition) is 1. The third-order valence-corrected chi connectivity index (χ3v) is 4.66. The fourth-order valence-corrected chi connectivity index (χ4v) is 3.51. The Bertz CT molecular complexity index is 775. The van der Waals surface area contributed by atoms with E-state index >= 15 is 0 Å². The van der Waals surface area contributed by atoms with Gasteiger partial charge in [-0.05, 0) is 55.5 Å². The average molecular weight is 306 g/mol. The van der Waals surface area contributed by atoms with E-state index in [1.807, 2.05) is 12.3 Å². The predicted octanol–water partition coefficient (Wildman–Crippen LogP) is 3.73. The topological polar surface area (TPSA) is 44.8 Å². The standard InChI is InChI=1S/C19H22N4/c1-14-8-9-20-19(11-14)23-10-4-5-15(13-23)12-18-21-16-6-2-3-7-17(16)22-18/h2-3,6-9,11,15H,4-5,10,12-13H2,1H3,(H,21,22). The number of rotatable bonds is 3. The molecule has 0 bridgehead atoms. The predicted molar refractivity (Wildman–Crippen MR) is 93.7 cm³/mol. The Balaban J connectivity index is 1.49. The van der Waals surface area contributed by atoms with Gasteiger partial charge < -0.3 is 9.88 Å². The highest BCUT2D eigenvalue weighted by Crippen LogP contribution is 2.24. The molecular formula is C19H22N4. The molecule has 23 heavy (non-hydrogen) atoms. The molecule has 0 amide bonds. The molecule has 1 atom stereocenters.